The van der Waals surface area contributed by atoms with Crippen molar-refractivity contribution in [3.05, 3.63) is 71.8 Å². The number of hydrogen-bond acceptors (Lipinski definition) is 15. The van der Waals surface area contributed by atoms with E-state index in [4.69, 9.17) is 43.7 Å². The second-order valence-corrected chi connectivity index (χ2v) is 11.7. The van der Waals surface area contributed by atoms with E-state index in [-0.39, 0.29) is 94.1 Å². The van der Waals surface area contributed by atoms with Crippen molar-refractivity contribution in [2.75, 3.05) is 48.4 Å². The average molecular weight is 861 g/mol. The molecule has 2 fully saturated rings. The predicted octanol–water partition coefficient (Wildman–Crippen LogP) is 7.00. The average Bonchev–Trinajstić information content (AvgIpc) is 3.64. The fourth-order valence-corrected chi connectivity index (χ4v) is 6.34. The summed E-state index contributed by atoms with van der Waals surface area (Å²) >= 11 is 0. The third-order valence-electron chi connectivity index (χ3n) is 8.87. The maximum atomic E-state index is 12.6. The number of esters is 5. The smallest absolute Gasteiger partial charge is 0.321 e. The molecule has 15 nitrogen and oxygen atoms in total. The van der Waals surface area contributed by atoms with Gasteiger partial charge in [-0.05, 0) is 42.7 Å². The Kier molecular flexibility index (Phi) is 46.6. The van der Waals surface area contributed by atoms with Gasteiger partial charge in [-0.15, -0.1) is 0 Å². The van der Waals surface area contributed by atoms with Crippen LogP contribution in [0, 0.1) is 29.6 Å². The quantitative estimate of drug-likeness (QED) is 0.0387. The molecule has 2 heterocycles. The van der Waals surface area contributed by atoms with E-state index in [1.165, 1.54) is 14.0 Å². The Bertz CT molecular complexity index is 1390. The molecule has 0 saturated carbocycles. The lowest BCUT2D eigenvalue weighted by Gasteiger charge is -2.30. The van der Waals surface area contributed by atoms with Crippen molar-refractivity contribution in [1.82, 2.24) is 0 Å². The normalized spacial score (nSPS) is 18.5. The molecule has 2 saturated heterocycles. The van der Waals surface area contributed by atoms with E-state index in [0.717, 1.165) is 38.9 Å². The van der Waals surface area contributed by atoms with Gasteiger partial charge in [-0.25, -0.2) is 0 Å². The van der Waals surface area contributed by atoms with Crippen molar-refractivity contribution in [3.63, 3.8) is 0 Å². The van der Waals surface area contributed by atoms with Gasteiger partial charge in [0.2, 0.25) is 0 Å². The summed E-state index contributed by atoms with van der Waals surface area (Å²) < 4.78 is 29.8. The summed E-state index contributed by atoms with van der Waals surface area (Å²) in [7, 11) is 4.51. The van der Waals surface area contributed by atoms with E-state index >= 15 is 0 Å². The van der Waals surface area contributed by atoms with Crippen LogP contribution in [0.2, 0.25) is 0 Å². The van der Waals surface area contributed by atoms with Crippen LogP contribution < -0.4 is 0 Å². The molecule has 8 unspecified atom stereocenters. The molecule has 0 spiro atoms. The van der Waals surface area contributed by atoms with E-state index in [1.54, 1.807) is 6.92 Å². The van der Waals surface area contributed by atoms with Crippen LogP contribution in [0.3, 0.4) is 0 Å². The highest BCUT2D eigenvalue weighted by atomic mass is 16.7. The second-order valence-electron chi connectivity index (χ2n) is 11.7. The summed E-state index contributed by atoms with van der Waals surface area (Å²) in [6, 6.07) is 19.0. The van der Waals surface area contributed by atoms with E-state index in [1.807, 2.05) is 74.5 Å². The van der Waals surface area contributed by atoms with Crippen LogP contribution in [-0.4, -0.2) is 106 Å². The fourth-order valence-electron chi connectivity index (χ4n) is 6.34. The van der Waals surface area contributed by atoms with Crippen LogP contribution in [0.5, 0.6) is 0 Å². The van der Waals surface area contributed by atoms with Gasteiger partial charge in [0.05, 0.1) is 36.9 Å². The van der Waals surface area contributed by atoms with Gasteiger partial charge in [0.25, 0.3) is 6.47 Å². The Morgan fingerprint density at radius 3 is 1.45 bits per heavy atom. The standard InChI is InChI=1S/C22H28O9.C14H16O3.3CH4O.6CH4/c1-4-16(15-8-6-5-7-9-15)17-18(22(26)31-21(17)25)19(29-12-23)14(2)20(24)30-13-28-11-10-27-3;1-3-11(10-7-5-4-6-8-10)12-9(2)13(15)17-14(12)16;3*1-2;;;;;;/h5-9,12,14,16-19H,4,10-11,13H2,1-3H3;4-9,11-12H,3H2,1-2H3;3*2H,1H3;6*1H4. The van der Waals surface area contributed by atoms with Gasteiger partial charge >= 0.3 is 29.8 Å². The first-order valence-electron chi connectivity index (χ1n) is 17.4. The van der Waals surface area contributed by atoms with Gasteiger partial charge in [-0.1, -0.05) is 126 Å². The number of benzene rings is 2. The third kappa shape index (κ3) is 20.1. The van der Waals surface area contributed by atoms with Gasteiger partial charge < -0.3 is 43.7 Å². The van der Waals surface area contributed by atoms with E-state index in [9.17, 15) is 28.8 Å². The molecule has 2 aliphatic rings. The molecule has 3 N–H and O–H groups in total. The Balaban J connectivity index is -0.000000167. The second kappa shape index (κ2) is 39.9. The van der Waals surface area contributed by atoms with Crippen LogP contribution in [0.4, 0.5) is 0 Å². The molecule has 0 bridgehead atoms. The first kappa shape index (κ1) is 70.0. The van der Waals surface area contributed by atoms with Crippen LogP contribution in [0.1, 0.15) is 108 Å². The highest BCUT2D eigenvalue weighted by Gasteiger charge is 2.55. The number of aliphatic hydroxyl groups excluding tert-OH is 3. The number of ether oxygens (including phenoxy) is 6. The topological polar surface area (TPSA) is 218 Å². The molecule has 4 rings (SSSR count). The fraction of sp³-hybridized carbons (Fsp3) is 0.600. The van der Waals surface area contributed by atoms with Crippen molar-refractivity contribution in [2.45, 2.75) is 103 Å². The first-order valence-corrected chi connectivity index (χ1v) is 17.4. The van der Waals surface area contributed by atoms with Gasteiger partial charge in [0, 0.05) is 28.4 Å². The Labute approximate surface area is 361 Å². The molecule has 60 heavy (non-hydrogen) atoms. The zero-order chi connectivity index (χ0) is 41.2. The lowest BCUT2D eigenvalue weighted by atomic mass is 9.73. The lowest BCUT2D eigenvalue weighted by molar-refractivity contribution is -0.171. The molecule has 15 heteroatoms. The molecule has 2 aromatic rings. The van der Waals surface area contributed by atoms with E-state index in [0.29, 0.717) is 13.0 Å². The summed E-state index contributed by atoms with van der Waals surface area (Å²) in [5.74, 6) is -7.08. The number of rotatable bonds is 16. The molecule has 0 radical (unpaired) electrons. The van der Waals surface area contributed by atoms with Gasteiger partial charge in [0.1, 0.15) is 12.0 Å². The summed E-state index contributed by atoms with van der Waals surface area (Å²) in [6.07, 6.45) is 0.125. The number of hydrogen-bond donors (Lipinski definition) is 3. The largest absolute Gasteiger partial charge is 0.463 e. The van der Waals surface area contributed by atoms with Crippen molar-refractivity contribution >= 4 is 36.3 Å². The van der Waals surface area contributed by atoms with Gasteiger partial charge in [-0.2, -0.15) is 0 Å². The van der Waals surface area contributed by atoms with Gasteiger partial charge in [0.15, 0.2) is 6.79 Å². The minimum Gasteiger partial charge on any atom is -0.463 e. The summed E-state index contributed by atoms with van der Waals surface area (Å²) in [6.45, 7) is 7.54. The molecular weight excluding hydrogens is 780 g/mol. The molecular formula is C45H80O15. The monoisotopic (exact) mass is 861 g/mol. The SMILES string of the molecule is C.C.C.C.C.C.CCC(c1ccccc1)C1C(=O)OC(=O)C1C.CCC(c1ccccc1)C1C(=O)OC(=O)C1C(OC=O)C(C)C(=O)OCOCCOC.CO.CO.CO. The van der Waals surface area contributed by atoms with Crippen LogP contribution in [-0.2, 0) is 57.2 Å². The van der Waals surface area contributed by atoms with Gasteiger partial charge in [-0.3, -0.25) is 28.8 Å². The summed E-state index contributed by atoms with van der Waals surface area (Å²) in [5.41, 5.74) is 1.94. The first-order chi connectivity index (χ1) is 26.1. The number of carbonyl (C=O) groups is 6. The summed E-state index contributed by atoms with van der Waals surface area (Å²) in [4.78, 5) is 72.0. The molecule has 0 aromatic heterocycles. The highest BCUT2D eigenvalue weighted by Crippen LogP contribution is 2.42. The Morgan fingerprint density at radius 1 is 0.667 bits per heavy atom. The minimum atomic E-state index is -1.23. The lowest BCUT2D eigenvalue weighted by Crippen LogP contribution is -2.42. The Hall–Kier alpha value is -4.54. The highest BCUT2D eigenvalue weighted by molar-refractivity contribution is 5.98. The molecule has 0 amide bonds. The van der Waals surface area contributed by atoms with Crippen molar-refractivity contribution in [3.8, 4) is 0 Å². The Morgan fingerprint density at radius 2 is 1.07 bits per heavy atom. The van der Waals surface area contributed by atoms with Crippen molar-refractivity contribution < 1.29 is 72.5 Å². The molecule has 350 valence electrons. The van der Waals surface area contributed by atoms with Crippen molar-refractivity contribution in [1.29, 1.82) is 0 Å². The molecule has 0 aliphatic carbocycles. The number of carbonyl (C=O) groups excluding carboxylic acids is 6. The van der Waals surface area contributed by atoms with E-state index < -0.39 is 47.7 Å². The summed E-state index contributed by atoms with van der Waals surface area (Å²) in [5, 5.41) is 21.0. The molecule has 2 aromatic carbocycles. The van der Waals surface area contributed by atoms with E-state index in [2.05, 4.69) is 0 Å². The minimum absolute atomic E-state index is 0. The van der Waals surface area contributed by atoms with Crippen LogP contribution in [0.15, 0.2) is 60.7 Å². The third-order valence-corrected chi connectivity index (χ3v) is 8.87. The zero-order valence-electron chi connectivity index (χ0n) is 32.2. The van der Waals surface area contributed by atoms with Crippen LogP contribution in [0.25, 0.3) is 0 Å². The maximum Gasteiger partial charge on any atom is 0.321 e. The predicted molar refractivity (Wildman–Crippen MR) is 234 cm³/mol. The maximum absolute atomic E-state index is 12.6. The molecule has 8 atom stereocenters. The van der Waals surface area contributed by atoms with Crippen LogP contribution >= 0.6 is 0 Å². The number of cyclic esters (lactones) is 4. The molecule has 2 aliphatic heterocycles. The number of aliphatic hydroxyl groups is 3. The number of methoxy groups -OCH3 is 1. The zero-order valence-corrected chi connectivity index (χ0v) is 32.2. The van der Waals surface area contributed by atoms with Crippen molar-refractivity contribution in [2.24, 2.45) is 29.6 Å².